The maximum absolute atomic E-state index is 12.6. The summed E-state index contributed by atoms with van der Waals surface area (Å²) in [6, 6.07) is 11.2. The van der Waals surface area contributed by atoms with E-state index in [1.165, 1.54) is 17.6 Å². The van der Waals surface area contributed by atoms with Crippen LogP contribution in [0.1, 0.15) is 18.1 Å². The van der Waals surface area contributed by atoms with E-state index in [9.17, 15) is 19.5 Å². The van der Waals surface area contributed by atoms with Gasteiger partial charge in [-0.15, -0.1) is 0 Å². The van der Waals surface area contributed by atoms with E-state index in [4.69, 9.17) is 0 Å². The Kier molecular flexibility index (Phi) is 3.25. The summed E-state index contributed by atoms with van der Waals surface area (Å²) in [5.41, 5.74) is 0.391. The number of phenolic OH excluding ortho intramolecular Hbond substituents is 1. The van der Waals surface area contributed by atoms with Crippen LogP contribution in [0, 0.1) is 0 Å². The van der Waals surface area contributed by atoms with Gasteiger partial charge in [0.05, 0.1) is 22.8 Å². The van der Waals surface area contributed by atoms with Gasteiger partial charge in [-0.25, -0.2) is 0 Å². The average molecular weight is 295 g/mol. The summed E-state index contributed by atoms with van der Waals surface area (Å²) < 4.78 is 1.33. The lowest BCUT2D eigenvalue weighted by atomic mass is 10.1. The van der Waals surface area contributed by atoms with Crippen molar-refractivity contribution in [1.82, 2.24) is 4.57 Å². The Hall–Kier alpha value is -2.95. The third-order valence-electron chi connectivity index (χ3n) is 3.53. The Labute approximate surface area is 125 Å². The third-order valence-corrected chi connectivity index (χ3v) is 3.53. The standard InChI is InChI=1S/C17H13NO4/c1-10(19)9-15(21)18-12-6-3-2-5-11(12)17(22)16-13(18)7-4-8-14(16)20/h2-8,20H,9H2,1H3. The molecule has 0 aliphatic rings. The van der Waals surface area contributed by atoms with Gasteiger partial charge in [0.1, 0.15) is 11.5 Å². The molecule has 0 aliphatic carbocycles. The molecule has 5 nitrogen and oxygen atoms in total. The molecule has 1 N–H and O–H groups in total. The molecule has 22 heavy (non-hydrogen) atoms. The number of carbonyl (C=O) groups excluding carboxylic acids is 2. The highest BCUT2D eigenvalue weighted by Gasteiger charge is 2.18. The molecule has 0 amide bonds. The Bertz CT molecular complexity index is 985. The van der Waals surface area contributed by atoms with Crippen molar-refractivity contribution >= 4 is 33.5 Å². The number of nitrogens with zero attached hydrogens (tertiary/aromatic N) is 1. The lowest BCUT2D eigenvalue weighted by molar-refractivity contribution is -0.116. The molecule has 3 rings (SSSR count). The second kappa shape index (κ2) is 5.11. The molecule has 0 bridgehead atoms. The molecule has 5 heteroatoms. The number of hydrogen-bond donors (Lipinski definition) is 1. The van der Waals surface area contributed by atoms with Crippen LogP contribution in [0.25, 0.3) is 21.8 Å². The summed E-state index contributed by atoms with van der Waals surface area (Å²) in [7, 11) is 0. The molecule has 110 valence electrons. The molecule has 0 atom stereocenters. The van der Waals surface area contributed by atoms with Gasteiger partial charge in [-0.3, -0.25) is 19.0 Å². The monoisotopic (exact) mass is 295 g/mol. The third kappa shape index (κ3) is 2.07. The van der Waals surface area contributed by atoms with E-state index in [1.54, 1.807) is 36.4 Å². The highest BCUT2D eigenvalue weighted by atomic mass is 16.3. The molecule has 0 saturated heterocycles. The normalized spacial score (nSPS) is 11.0. The number of pyridine rings is 1. The fraction of sp³-hybridized carbons (Fsp3) is 0.118. The first kappa shape index (κ1) is 14.0. The topological polar surface area (TPSA) is 76.4 Å². The van der Waals surface area contributed by atoms with E-state index >= 15 is 0 Å². The summed E-state index contributed by atoms with van der Waals surface area (Å²) in [5, 5.41) is 10.4. The van der Waals surface area contributed by atoms with Gasteiger partial charge in [0, 0.05) is 5.39 Å². The molecule has 0 aliphatic heterocycles. The van der Waals surface area contributed by atoms with Crippen LogP contribution in [0.5, 0.6) is 5.75 Å². The van der Waals surface area contributed by atoms with Crippen molar-refractivity contribution in [2.45, 2.75) is 13.3 Å². The maximum atomic E-state index is 12.6. The fourth-order valence-electron chi connectivity index (χ4n) is 2.63. The van der Waals surface area contributed by atoms with E-state index in [-0.39, 0.29) is 28.8 Å². The second-order valence-corrected chi connectivity index (χ2v) is 5.13. The Balaban J connectivity index is 2.53. The molecule has 0 spiro atoms. The Morgan fingerprint density at radius 1 is 1.05 bits per heavy atom. The zero-order valence-electron chi connectivity index (χ0n) is 11.9. The number of phenols is 1. The summed E-state index contributed by atoms with van der Waals surface area (Å²) in [4.78, 5) is 36.3. The number of carbonyl (C=O) groups is 2. The number of benzene rings is 2. The number of aromatic nitrogens is 1. The van der Waals surface area contributed by atoms with E-state index in [0.29, 0.717) is 16.4 Å². The Morgan fingerprint density at radius 2 is 1.73 bits per heavy atom. The van der Waals surface area contributed by atoms with E-state index < -0.39 is 5.91 Å². The number of rotatable bonds is 2. The minimum Gasteiger partial charge on any atom is -0.507 e. The van der Waals surface area contributed by atoms with Crippen LogP contribution in [0.4, 0.5) is 0 Å². The minimum absolute atomic E-state index is 0.0816. The molecule has 1 heterocycles. The summed E-state index contributed by atoms with van der Waals surface area (Å²) in [6.45, 7) is 1.34. The van der Waals surface area contributed by atoms with E-state index in [2.05, 4.69) is 0 Å². The molecular formula is C17H13NO4. The molecule has 0 fully saturated rings. The lowest BCUT2D eigenvalue weighted by Gasteiger charge is -2.13. The van der Waals surface area contributed by atoms with E-state index in [1.807, 2.05) is 0 Å². The highest BCUT2D eigenvalue weighted by Crippen LogP contribution is 2.25. The van der Waals surface area contributed by atoms with Crippen molar-refractivity contribution < 1.29 is 14.7 Å². The molecular weight excluding hydrogens is 282 g/mol. The van der Waals surface area contributed by atoms with Crippen LogP contribution in [0.2, 0.25) is 0 Å². The number of ketones is 1. The van der Waals surface area contributed by atoms with E-state index in [0.717, 1.165) is 0 Å². The molecule has 3 aromatic rings. The highest BCUT2D eigenvalue weighted by molar-refractivity contribution is 6.08. The van der Waals surface area contributed by atoms with Gasteiger partial charge in [-0.1, -0.05) is 18.2 Å². The molecule has 0 saturated carbocycles. The van der Waals surface area contributed by atoms with Gasteiger partial charge in [0.2, 0.25) is 11.3 Å². The summed E-state index contributed by atoms with van der Waals surface area (Å²) in [6.07, 6.45) is -0.266. The van der Waals surface area contributed by atoms with Crippen molar-refractivity contribution in [2.24, 2.45) is 0 Å². The molecule has 0 radical (unpaired) electrons. The first-order valence-electron chi connectivity index (χ1n) is 6.79. The van der Waals surface area contributed by atoms with Crippen LogP contribution >= 0.6 is 0 Å². The van der Waals surface area contributed by atoms with Crippen LogP contribution < -0.4 is 5.43 Å². The van der Waals surface area contributed by atoms with Crippen LogP contribution in [0.3, 0.4) is 0 Å². The van der Waals surface area contributed by atoms with Gasteiger partial charge < -0.3 is 5.11 Å². The van der Waals surface area contributed by atoms with Crippen LogP contribution in [-0.2, 0) is 4.79 Å². The van der Waals surface area contributed by atoms with Gasteiger partial charge in [0.25, 0.3) is 0 Å². The largest absolute Gasteiger partial charge is 0.507 e. The fourth-order valence-corrected chi connectivity index (χ4v) is 2.63. The van der Waals surface area contributed by atoms with Crippen molar-refractivity contribution in [2.75, 3.05) is 0 Å². The zero-order valence-corrected chi connectivity index (χ0v) is 11.9. The lowest BCUT2D eigenvalue weighted by Crippen LogP contribution is -2.19. The average Bonchev–Trinajstić information content (AvgIpc) is 2.46. The first-order valence-corrected chi connectivity index (χ1v) is 6.79. The summed E-state index contributed by atoms with van der Waals surface area (Å²) >= 11 is 0. The van der Waals surface area contributed by atoms with Crippen molar-refractivity contribution in [3.63, 3.8) is 0 Å². The second-order valence-electron chi connectivity index (χ2n) is 5.13. The molecule has 1 aromatic heterocycles. The smallest absolute Gasteiger partial charge is 0.239 e. The van der Waals surface area contributed by atoms with Crippen LogP contribution in [-0.4, -0.2) is 21.4 Å². The minimum atomic E-state index is -0.431. The van der Waals surface area contributed by atoms with Crippen molar-refractivity contribution in [3.8, 4) is 5.75 Å². The van der Waals surface area contributed by atoms with Crippen molar-refractivity contribution in [1.29, 1.82) is 0 Å². The molecule has 0 unspecified atom stereocenters. The number of aromatic hydroxyl groups is 1. The predicted molar refractivity (Wildman–Crippen MR) is 83.3 cm³/mol. The number of fused-ring (bicyclic) bond motifs is 2. The predicted octanol–water partition coefficient (Wildman–Crippen LogP) is 2.48. The van der Waals surface area contributed by atoms with Gasteiger partial charge in [-0.2, -0.15) is 0 Å². The Morgan fingerprint density at radius 3 is 2.45 bits per heavy atom. The number of para-hydroxylation sites is 1. The SMILES string of the molecule is CC(=O)CC(=O)n1c2ccccc2c(=O)c2c(O)cccc21. The van der Waals surface area contributed by atoms with Crippen molar-refractivity contribution in [3.05, 3.63) is 52.7 Å². The van der Waals surface area contributed by atoms with Gasteiger partial charge in [-0.05, 0) is 31.2 Å². The van der Waals surface area contributed by atoms with Crippen LogP contribution in [0.15, 0.2) is 47.3 Å². The number of Topliss-reactive ketones (excluding diaryl/α,β-unsaturated/α-hetero) is 1. The zero-order chi connectivity index (χ0) is 15.9. The number of hydrogen-bond acceptors (Lipinski definition) is 4. The summed E-state index contributed by atoms with van der Waals surface area (Å²) in [5.74, 6) is -0.877. The van der Waals surface area contributed by atoms with Gasteiger partial charge in [0.15, 0.2) is 0 Å². The quantitative estimate of drug-likeness (QED) is 0.582. The molecule has 2 aromatic carbocycles. The first-order chi connectivity index (χ1) is 10.5. The maximum Gasteiger partial charge on any atom is 0.239 e. The van der Waals surface area contributed by atoms with Gasteiger partial charge >= 0.3 is 0 Å².